The van der Waals surface area contributed by atoms with Gasteiger partial charge in [0.15, 0.2) is 0 Å². The molecule has 0 radical (unpaired) electrons. The second-order valence-electron chi connectivity index (χ2n) is 4.29. The SMILES string of the molecule is CC(C)(C)c1ccc(P(=O)([O-])[O-])cc1. The van der Waals surface area contributed by atoms with Crippen LogP contribution >= 0.6 is 7.60 Å². The van der Waals surface area contributed by atoms with Gasteiger partial charge in [-0.05, 0) is 23.9 Å². The Morgan fingerprint density at radius 1 is 1.07 bits per heavy atom. The molecule has 0 heterocycles. The predicted molar refractivity (Wildman–Crippen MR) is 52.4 cm³/mol. The summed E-state index contributed by atoms with van der Waals surface area (Å²) in [5, 5.41) is -0.148. The van der Waals surface area contributed by atoms with Gasteiger partial charge in [-0.25, -0.2) is 0 Å². The fourth-order valence-corrected chi connectivity index (χ4v) is 1.66. The van der Waals surface area contributed by atoms with E-state index in [1.165, 1.54) is 12.1 Å². The second kappa shape index (κ2) is 3.50. The fourth-order valence-electron chi connectivity index (χ4n) is 1.14. The molecule has 4 heteroatoms. The van der Waals surface area contributed by atoms with E-state index in [4.69, 9.17) is 0 Å². The van der Waals surface area contributed by atoms with E-state index in [0.717, 1.165) is 5.56 Å². The van der Waals surface area contributed by atoms with Crippen molar-refractivity contribution in [2.75, 3.05) is 0 Å². The van der Waals surface area contributed by atoms with E-state index in [1.54, 1.807) is 12.1 Å². The monoisotopic (exact) mass is 212 g/mol. The van der Waals surface area contributed by atoms with Crippen LogP contribution in [0.4, 0.5) is 0 Å². The lowest BCUT2D eigenvalue weighted by Crippen LogP contribution is -2.25. The van der Waals surface area contributed by atoms with E-state index >= 15 is 0 Å². The summed E-state index contributed by atoms with van der Waals surface area (Å²) in [5.41, 5.74) is 0.976. The third-order valence-electron chi connectivity index (χ3n) is 2.05. The maximum Gasteiger partial charge on any atom is -0.0132 e. The zero-order valence-corrected chi connectivity index (χ0v) is 9.38. The van der Waals surface area contributed by atoms with Crippen molar-refractivity contribution in [2.24, 2.45) is 0 Å². The summed E-state index contributed by atoms with van der Waals surface area (Å²) in [6.07, 6.45) is 0. The van der Waals surface area contributed by atoms with Crippen molar-refractivity contribution < 1.29 is 14.4 Å². The van der Waals surface area contributed by atoms with Gasteiger partial charge in [-0.15, -0.1) is 0 Å². The highest BCUT2D eigenvalue weighted by Crippen LogP contribution is 2.25. The Labute approximate surface area is 83.9 Å². The van der Waals surface area contributed by atoms with Gasteiger partial charge < -0.3 is 14.4 Å². The smallest absolute Gasteiger partial charge is 0.0132 e. The molecule has 0 fully saturated rings. The maximum absolute atomic E-state index is 10.7. The molecule has 0 bridgehead atoms. The van der Waals surface area contributed by atoms with E-state index < -0.39 is 7.60 Å². The molecule has 0 aromatic heterocycles. The summed E-state index contributed by atoms with van der Waals surface area (Å²) >= 11 is 0. The van der Waals surface area contributed by atoms with Crippen molar-refractivity contribution in [1.29, 1.82) is 0 Å². The number of benzene rings is 1. The Morgan fingerprint density at radius 3 is 1.79 bits per heavy atom. The summed E-state index contributed by atoms with van der Waals surface area (Å²) in [6, 6.07) is 6.08. The first-order valence-corrected chi connectivity index (χ1v) is 5.89. The molecule has 78 valence electrons. The van der Waals surface area contributed by atoms with E-state index in [-0.39, 0.29) is 10.7 Å². The highest BCUT2D eigenvalue weighted by atomic mass is 31.2. The molecule has 0 atom stereocenters. The van der Waals surface area contributed by atoms with E-state index in [2.05, 4.69) is 0 Å². The lowest BCUT2D eigenvalue weighted by molar-refractivity contribution is -0.307. The van der Waals surface area contributed by atoms with Crippen LogP contribution in [0.2, 0.25) is 0 Å². The van der Waals surface area contributed by atoms with Crippen molar-refractivity contribution in [3.8, 4) is 0 Å². The Kier molecular flexibility index (Phi) is 2.86. The minimum absolute atomic E-state index is 0.0334. The summed E-state index contributed by atoms with van der Waals surface area (Å²) in [6.45, 7) is 6.07. The molecule has 1 rings (SSSR count). The van der Waals surface area contributed by atoms with Crippen LogP contribution in [0.3, 0.4) is 0 Å². The molecule has 1 aromatic rings. The average Bonchev–Trinajstić information content (AvgIpc) is 2.01. The highest BCUT2D eigenvalue weighted by Gasteiger charge is 2.12. The summed E-state index contributed by atoms with van der Waals surface area (Å²) in [4.78, 5) is 21.3. The first-order valence-electron chi connectivity index (χ1n) is 4.34. The molecule has 0 aliphatic rings. The Bertz CT molecular complexity index is 356. The van der Waals surface area contributed by atoms with Crippen LogP contribution in [0, 0.1) is 0 Å². The predicted octanol–water partition coefficient (Wildman–Crippen LogP) is 0.523. The number of hydrogen-bond acceptors (Lipinski definition) is 3. The number of rotatable bonds is 1. The molecular weight excluding hydrogens is 199 g/mol. The minimum atomic E-state index is -4.59. The molecule has 0 saturated heterocycles. The molecule has 0 aliphatic heterocycles. The molecule has 14 heavy (non-hydrogen) atoms. The van der Waals surface area contributed by atoms with Crippen LogP contribution in [0.5, 0.6) is 0 Å². The lowest BCUT2D eigenvalue weighted by Gasteiger charge is -2.30. The van der Waals surface area contributed by atoms with Crippen molar-refractivity contribution in [2.45, 2.75) is 26.2 Å². The highest BCUT2D eigenvalue weighted by molar-refractivity contribution is 7.57. The van der Waals surface area contributed by atoms with Gasteiger partial charge in [0.1, 0.15) is 0 Å². The van der Waals surface area contributed by atoms with Crippen molar-refractivity contribution >= 4 is 12.9 Å². The van der Waals surface area contributed by atoms with Gasteiger partial charge in [-0.2, -0.15) is 0 Å². The zero-order valence-electron chi connectivity index (χ0n) is 8.48. The first-order chi connectivity index (χ1) is 6.21. The molecule has 0 amide bonds. The minimum Gasteiger partial charge on any atom is -0.807 e. The first kappa shape index (κ1) is 11.4. The Balaban J connectivity index is 3.08. The van der Waals surface area contributed by atoms with Gasteiger partial charge in [0.05, 0.1) is 0 Å². The summed E-state index contributed by atoms with van der Waals surface area (Å²) < 4.78 is 10.7. The van der Waals surface area contributed by atoms with Crippen LogP contribution in [0.25, 0.3) is 0 Å². The molecule has 0 spiro atoms. The van der Waals surface area contributed by atoms with Gasteiger partial charge in [-0.3, -0.25) is 0 Å². The third-order valence-corrected chi connectivity index (χ3v) is 2.98. The molecular formula is C10H13O3P-2. The van der Waals surface area contributed by atoms with Gasteiger partial charge in [0, 0.05) is 0 Å². The van der Waals surface area contributed by atoms with E-state index in [1.807, 2.05) is 20.8 Å². The van der Waals surface area contributed by atoms with Crippen LogP contribution < -0.4 is 15.1 Å². The van der Waals surface area contributed by atoms with E-state index in [9.17, 15) is 14.4 Å². The number of hydrogen-bond donors (Lipinski definition) is 0. The van der Waals surface area contributed by atoms with Crippen LogP contribution in [0.1, 0.15) is 26.3 Å². The lowest BCUT2D eigenvalue weighted by atomic mass is 9.87. The average molecular weight is 212 g/mol. The molecule has 0 unspecified atom stereocenters. The molecule has 0 N–H and O–H groups in total. The second-order valence-corrected chi connectivity index (χ2v) is 5.81. The normalized spacial score (nSPS) is 12.9. The summed E-state index contributed by atoms with van der Waals surface area (Å²) in [7, 11) is -4.59. The molecule has 0 saturated carbocycles. The van der Waals surface area contributed by atoms with Gasteiger partial charge >= 0.3 is 0 Å². The van der Waals surface area contributed by atoms with Crippen molar-refractivity contribution in [3.05, 3.63) is 29.8 Å². The van der Waals surface area contributed by atoms with Crippen LogP contribution in [0.15, 0.2) is 24.3 Å². The standard InChI is InChI=1S/C10H15O3P/c1-10(2,3)8-4-6-9(7-5-8)14(11,12)13/h4-7H,1-3H3,(H2,11,12,13)/p-2. The quantitative estimate of drug-likeness (QED) is 0.637. The van der Waals surface area contributed by atoms with E-state index in [0.29, 0.717) is 0 Å². The molecule has 3 nitrogen and oxygen atoms in total. The third kappa shape index (κ3) is 2.68. The Hall–Kier alpha value is -0.630. The van der Waals surface area contributed by atoms with Gasteiger partial charge in [0.2, 0.25) is 0 Å². The molecule has 0 aliphatic carbocycles. The molecule has 1 aromatic carbocycles. The van der Waals surface area contributed by atoms with Crippen LogP contribution in [-0.4, -0.2) is 0 Å². The zero-order chi connectivity index (χ0) is 11.0. The topological polar surface area (TPSA) is 63.2 Å². The van der Waals surface area contributed by atoms with Gasteiger partial charge in [-0.1, -0.05) is 45.0 Å². The fraction of sp³-hybridized carbons (Fsp3) is 0.400. The van der Waals surface area contributed by atoms with Crippen molar-refractivity contribution in [3.63, 3.8) is 0 Å². The largest absolute Gasteiger partial charge is 0.807 e. The van der Waals surface area contributed by atoms with Gasteiger partial charge in [0.25, 0.3) is 0 Å². The van der Waals surface area contributed by atoms with Crippen LogP contribution in [-0.2, 0) is 9.98 Å². The maximum atomic E-state index is 10.7. The Morgan fingerprint density at radius 2 is 1.50 bits per heavy atom. The van der Waals surface area contributed by atoms with Crippen molar-refractivity contribution in [1.82, 2.24) is 0 Å². The summed E-state index contributed by atoms with van der Waals surface area (Å²) in [5.74, 6) is 0.